The van der Waals surface area contributed by atoms with Gasteiger partial charge in [0.2, 0.25) is 5.43 Å². The summed E-state index contributed by atoms with van der Waals surface area (Å²) in [4.78, 5) is 28.8. The lowest BCUT2D eigenvalue weighted by atomic mass is 10.0. The zero-order valence-corrected chi connectivity index (χ0v) is 16.6. The van der Waals surface area contributed by atoms with Crippen LogP contribution in [-0.4, -0.2) is 33.7 Å². The van der Waals surface area contributed by atoms with Gasteiger partial charge in [-0.25, -0.2) is 9.18 Å². The highest BCUT2D eigenvalue weighted by atomic mass is 19.1. The molecule has 0 amide bonds. The fraction of sp³-hybridized carbons (Fsp3) is 0.238. The number of nitrogens with two attached hydrogens (primary N) is 1. The fourth-order valence-electron chi connectivity index (χ4n) is 3.59. The van der Waals surface area contributed by atoms with Crippen LogP contribution < -0.4 is 21.2 Å². The van der Waals surface area contributed by atoms with E-state index < -0.39 is 22.8 Å². The molecule has 0 spiro atoms. The summed E-state index contributed by atoms with van der Waals surface area (Å²) in [6.45, 7) is 0.176. The van der Waals surface area contributed by atoms with Crippen LogP contribution in [0.3, 0.4) is 0 Å². The number of hydrogen-bond donors (Lipinski definition) is 4. The molecule has 0 radical (unpaired) electrons. The number of fused-ring (bicyclic) bond motifs is 1. The van der Waals surface area contributed by atoms with E-state index in [1.54, 1.807) is 22.8 Å². The summed E-state index contributed by atoms with van der Waals surface area (Å²) >= 11 is 0. The van der Waals surface area contributed by atoms with Gasteiger partial charge in [-0.1, -0.05) is 6.07 Å². The third-order valence-electron chi connectivity index (χ3n) is 5.12. The standard InChI is InChI=1S/C21H20FN5O4/c1-31-19-16(15-4-2-3-10(26-15)8-25-21(23)24)14(22)7-12-17(19)27(11-5-6-11)9-13(18(12)28)20(29)30/h2-4,7,9,11H,5-6,8H2,1H3,(H,29,30)(H4,23,24,25). The van der Waals surface area contributed by atoms with Crippen LogP contribution in [0.1, 0.15) is 34.9 Å². The summed E-state index contributed by atoms with van der Waals surface area (Å²) in [6, 6.07) is 6.04. The van der Waals surface area contributed by atoms with Crippen molar-refractivity contribution in [2.45, 2.75) is 25.4 Å². The molecule has 0 atom stereocenters. The minimum atomic E-state index is -1.36. The van der Waals surface area contributed by atoms with Gasteiger partial charge in [0.1, 0.15) is 11.4 Å². The van der Waals surface area contributed by atoms with Crippen molar-refractivity contribution < 1.29 is 19.0 Å². The van der Waals surface area contributed by atoms with E-state index in [0.29, 0.717) is 11.2 Å². The Bertz CT molecular complexity index is 1280. The molecule has 10 heteroatoms. The number of nitrogens with zero attached hydrogens (tertiary/aromatic N) is 2. The van der Waals surface area contributed by atoms with Gasteiger partial charge in [0, 0.05) is 12.2 Å². The summed E-state index contributed by atoms with van der Waals surface area (Å²) in [6.07, 6.45) is 2.93. The van der Waals surface area contributed by atoms with Gasteiger partial charge in [0.05, 0.1) is 41.5 Å². The van der Waals surface area contributed by atoms with Gasteiger partial charge >= 0.3 is 5.97 Å². The molecule has 0 unspecified atom stereocenters. The molecular formula is C21H20FN5O4. The lowest BCUT2D eigenvalue weighted by molar-refractivity contribution is 0.0695. The second-order valence-electron chi connectivity index (χ2n) is 7.26. The average Bonchev–Trinajstić information content (AvgIpc) is 3.57. The van der Waals surface area contributed by atoms with E-state index in [2.05, 4.69) is 10.3 Å². The van der Waals surface area contributed by atoms with Gasteiger partial charge in [0.15, 0.2) is 11.7 Å². The van der Waals surface area contributed by atoms with Gasteiger partial charge in [-0.15, -0.1) is 0 Å². The van der Waals surface area contributed by atoms with Crippen molar-refractivity contribution in [1.82, 2.24) is 14.9 Å². The molecule has 3 aromatic rings. The van der Waals surface area contributed by atoms with Crippen LogP contribution in [0.2, 0.25) is 0 Å². The first-order valence-corrected chi connectivity index (χ1v) is 9.54. The minimum absolute atomic E-state index is 0.00692. The Kier molecular flexibility index (Phi) is 5.05. The molecule has 1 fully saturated rings. The number of carboxylic acids is 1. The highest BCUT2D eigenvalue weighted by molar-refractivity contribution is 5.97. The third-order valence-corrected chi connectivity index (χ3v) is 5.12. The number of benzene rings is 1. The number of carboxylic acid groups (broad SMARTS) is 1. The molecule has 31 heavy (non-hydrogen) atoms. The molecule has 1 saturated carbocycles. The second-order valence-corrected chi connectivity index (χ2v) is 7.26. The van der Waals surface area contributed by atoms with Gasteiger partial charge in [-0.3, -0.25) is 15.2 Å². The number of hydrogen-bond acceptors (Lipinski definition) is 5. The van der Waals surface area contributed by atoms with Gasteiger partial charge in [-0.05, 0) is 31.0 Å². The molecule has 0 saturated heterocycles. The number of methoxy groups -OCH3 is 1. The molecule has 9 nitrogen and oxygen atoms in total. The van der Waals surface area contributed by atoms with Crippen LogP contribution in [0.25, 0.3) is 22.2 Å². The van der Waals surface area contributed by atoms with Gasteiger partial charge in [0.25, 0.3) is 0 Å². The number of pyridine rings is 2. The molecule has 4 rings (SSSR count). The fourth-order valence-corrected chi connectivity index (χ4v) is 3.59. The maximum atomic E-state index is 15.3. The first-order valence-electron chi connectivity index (χ1n) is 9.54. The Morgan fingerprint density at radius 1 is 1.45 bits per heavy atom. The van der Waals surface area contributed by atoms with Crippen molar-refractivity contribution in [3.05, 3.63) is 57.8 Å². The topological polar surface area (TPSA) is 143 Å². The third kappa shape index (κ3) is 3.67. The van der Waals surface area contributed by atoms with E-state index in [1.165, 1.54) is 13.3 Å². The van der Waals surface area contributed by atoms with Crippen molar-refractivity contribution in [3.63, 3.8) is 0 Å². The summed E-state index contributed by atoms with van der Waals surface area (Å²) in [5.74, 6) is -2.22. The number of guanidine groups is 1. The summed E-state index contributed by atoms with van der Waals surface area (Å²) in [5.41, 5.74) is 5.33. The van der Waals surface area contributed by atoms with Crippen LogP contribution in [0, 0.1) is 11.2 Å². The molecule has 0 aliphatic heterocycles. The van der Waals surface area contributed by atoms with E-state index in [1.807, 2.05) is 0 Å². The highest BCUT2D eigenvalue weighted by Crippen LogP contribution is 2.43. The summed E-state index contributed by atoms with van der Waals surface area (Å²) in [7, 11) is 1.37. The van der Waals surface area contributed by atoms with Crippen molar-refractivity contribution >= 4 is 22.8 Å². The molecule has 1 aliphatic carbocycles. The Morgan fingerprint density at radius 2 is 2.19 bits per heavy atom. The Morgan fingerprint density at radius 3 is 2.81 bits per heavy atom. The maximum Gasteiger partial charge on any atom is 0.341 e. The van der Waals surface area contributed by atoms with Gasteiger partial charge < -0.3 is 25.5 Å². The quantitative estimate of drug-likeness (QED) is 0.350. The zero-order chi connectivity index (χ0) is 22.3. The van der Waals surface area contributed by atoms with E-state index >= 15 is 4.39 Å². The molecule has 2 heterocycles. The van der Waals surface area contributed by atoms with E-state index in [9.17, 15) is 14.7 Å². The van der Waals surface area contributed by atoms with Crippen molar-refractivity contribution in [2.75, 3.05) is 7.11 Å². The Hall–Kier alpha value is -3.95. The Balaban J connectivity index is 1.99. The van der Waals surface area contributed by atoms with E-state index in [-0.39, 0.29) is 40.9 Å². The molecule has 1 aliphatic rings. The average molecular weight is 425 g/mol. The van der Waals surface area contributed by atoms with Gasteiger partial charge in [-0.2, -0.15) is 0 Å². The van der Waals surface area contributed by atoms with Crippen LogP contribution in [0.5, 0.6) is 5.75 Å². The highest BCUT2D eigenvalue weighted by Gasteiger charge is 2.30. The number of nitrogens with one attached hydrogen (secondary N) is 2. The number of carbonyl (C=O) groups is 1. The number of aromatic nitrogens is 2. The lowest BCUT2D eigenvalue weighted by Crippen LogP contribution is -2.29. The molecule has 5 N–H and O–H groups in total. The van der Waals surface area contributed by atoms with E-state index in [4.69, 9.17) is 15.9 Å². The Labute approximate surface area is 175 Å². The van der Waals surface area contributed by atoms with Crippen LogP contribution in [0.4, 0.5) is 4.39 Å². The molecule has 2 aromatic heterocycles. The van der Waals surface area contributed by atoms with Crippen molar-refractivity contribution in [2.24, 2.45) is 5.73 Å². The first kappa shape index (κ1) is 20.3. The predicted molar refractivity (Wildman–Crippen MR) is 112 cm³/mol. The smallest absolute Gasteiger partial charge is 0.341 e. The molecule has 1 aromatic carbocycles. The minimum Gasteiger partial charge on any atom is -0.494 e. The molecule has 160 valence electrons. The van der Waals surface area contributed by atoms with Crippen molar-refractivity contribution in [3.8, 4) is 17.0 Å². The summed E-state index contributed by atoms with van der Waals surface area (Å²) in [5, 5.41) is 19.3. The molecular weight excluding hydrogens is 405 g/mol. The van der Waals surface area contributed by atoms with Crippen LogP contribution >= 0.6 is 0 Å². The van der Waals surface area contributed by atoms with Crippen LogP contribution in [-0.2, 0) is 6.54 Å². The number of ether oxygens (including phenoxy) is 1. The van der Waals surface area contributed by atoms with Crippen molar-refractivity contribution in [1.29, 1.82) is 5.41 Å². The number of halogens is 1. The first-order chi connectivity index (χ1) is 14.8. The predicted octanol–water partition coefficient (Wildman–Crippen LogP) is 2.23. The monoisotopic (exact) mass is 425 g/mol. The largest absolute Gasteiger partial charge is 0.494 e. The number of aromatic carboxylic acids is 1. The van der Waals surface area contributed by atoms with E-state index in [0.717, 1.165) is 18.9 Å². The molecule has 0 bridgehead atoms. The maximum absolute atomic E-state index is 15.3. The van der Waals surface area contributed by atoms with Crippen LogP contribution in [0.15, 0.2) is 35.3 Å². The SMILES string of the molecule is COc1c(-c2cccc(CNC(=N)N)n2)c(F)cc2c(=O)c(C(=O)O)cn(C3CC3)c12. The zero-order valence-electron chi connectivity index (χ0n) is 16.6. The summed E-state index contributed by atoms with van der Waals surface area (Å²) < 4.78 is 22.5. The second kappa shape index (κ2) is 7.71. The number of rotatable bonds is 6. The normalized spacial score (nSPS) is 13.2. The lowest BCUT2D eigenvalue weighted by Gasteiger charge is -2.18.